The number of nitriles is 1. The number of hydrogen-bond acceptors (Lipinski definition) is 5. The molecule has 0 spiro atoms. The number of amides is 1. The first kappa shape index (κ1) is 17.9. The Balaban J connectivity index is 1.81. The molecule has 7 heteroatoms. The SMILES string of the molecule is Cc1ccc(S(=O)(=O)c2ccc(C(=O)Nc3ccc(C#N)cc3)s2)cc1. The van der Waals surface area contributed by atoms with E-state index in [1.807, 2.05) is 13.0 Å². The third-order valence-corrected chi connectivity index (χ3v) is 7.02. The van der Waals surface area contributed by atoms with Gasteiger partial charge in [-0.15, -0.1) is 11.3 Å². The summed E-state index contributed by atoms with van der Waals surface area (Å²) in [7, 11) is -3.65. The summed E-state index contributed by atoms with van der Waals surface area (Å²) in [4.78, 5) is 12.8. The van der Waals surface area contributed by atoms with Crippen molar-refractivity contribution in [3.63, 3.8) is 0 Å². The number of hydrogen-bond donors (Lipinski definition) is 1. The van der Waals surface area contributed by atoms with Gasteiger partial charge < -0.3 is 5.32 Å². The average molecular weight is 382 g/mol. The van der Waals surface area contributed by atoms with E-state index < -0.39 is 15.7 Å². The molecule has 3 rings (SSSR count). The Labute approximate surface area is 155 Å². The molecule has 1 amide bonds. The van der Waals surface area contributed by atoms with Crippen LogP contribution < -0.4 is 5.32 Å². The Kier molecular flexibility index (Phi) is 4.89. The van der Waals surface area contributed by atoms with Gasteiger partial charge in [-0.25, -0.2) is 8.42 Å². The number of aryl methyl sites for hydroxylation is 1. The minimum Gasteiger partial charge on any atom is -0.321 e. The zero-order chi connectivity index (χ0) is 18.7. The number of rotatable bonds is 4. The van der Waals surface area contributed by atoms with Gasteiger partial charge in [-0.3, -0.25) is 4.79 Å². The summed E-state index contributed by atoms with van der Waals surface area (Å²) in [5.74, 6) is -0.398. The summed E-state index contributed by atoms with van der Waals surface area (Å²) in [6.07, 6.45) is 0. The molecule has 5 nitrogen and oxygen atoms in total. The lowest BCUT2D eigenvalue weighted by molar-refractivity contribution is 0.103. The van der Waals surface area contributed by atoms with Crippen LogP contribution in [-0.2, 0) is 9.84 Å². The fourth-order valence-electron chi connectivity index (χ4n) is 2.24. The van der Waals surface area contributed by atoms with Gasteiger partial charge in [0.2, 0.25) is 9.84 Å². The lowest BCUT2D eigenvalue weighted by Gasteiger charge is -2.04. The van der Waals surface area contributed by atoms with E-state index in [9.17, 15) is 13.2 Å². The highest BCUT2D eigenvalue weighted by Crippen LogP contribution is 2.28. The van der Waals surface area contributed by atoms with E-state index in [4.69, 9.17) is 5.26 Å². The van der Waals surface area contributed by atoms with Crippen LogP contribution in [0, 0.1) is 18.3 Å². The normalized spacial score (nSPS) is 10.9. The lowest BCUT2D eigenvalue weighted by atomic mass is 10.2. The highest BCUT2D eigenvalue weighted by atomic mass is 32.2. The van der Waals surface area contributed by atoms with Gasteiger partial charge in [0.15, 0.2) is 0 Å². The number of thiophene rings is 1. The molecule has 3 aromatic rings. The van der Waals surface area contributed by atoms with Crippen molar-refractivity contribution >= 4 is 32.8 Å². The molecule has 1 N–H and O–H groups in total. The van der Waals surface area contributed by atoms with Crippen molar-refractivity contribution in [3.05, 3.63) is 76.7 Å². The molecule has 130 valence electrons. The van der Waals surface area contributed by atoms with Crippen LogP contribution in [0.1, 0.15) is 20.8 Å². The van der Waals surface area contributed by atoms with Gasteiger partial charge in [0, 0.05) is 5.69 Å². The zero-order valence-corrected chi connectivity index (χ0v) is 15.4. The van der Waals surface area contributed by atoms with Gasteiger partial charge in [0.1, 0.15) is 4.21 Å². The molecule has 0 radical (unpaired) electrons. The van der Waals surface area contributed by atoms with Crippen LogP contribution in [0.5, 0.6) is 0 Å². The third kappa shape index (κ3) is 3.67. The molecule has 26 heavy (non-hydrogen) atoms. The van der Waals surface area contributed by atoms with E-state index in [2.05, 4.69) is 5.32 Å². The number of sulfone groups is 1. The van der Waals surface area contributed by atoms with Crippen LogP contribution in [0.3, 0.4) is 0 Å². The summed E-state index contributed by atoms with van der Waals surface area (Å²) in [5.41, 5.74) is 1.99. The van der Waals surface area contributed by atoms with Crippen molar-refractivity contribution in [2.45, 2.75) is 16.0 Å². The predicted octanol–water partition coefficient (Wildman–Crippen LogP) is 4.01. The molecular weight excluding hydrogens is 368 g/mol. The molecule has 1 aromatic heterocycles. The van der Waals surface area contributed by atoms with E-state index in [0.29, 0.717) is 16.1 Å². The Bertz CT molecular complexity index is 1090. The fraction of sp³-hybridized carbons (Fsp3) is 0.0526. The van der Waals surface area contributed by atoms with Gasteiger partial charge in [0.05, 0.1) is 21.4 Å². The molecular formula is C19H14N2O3S2. The van der Waals surface area contributed by atoms with Crippen LogP contribution in [-0.4, -0.2) is 14.3 Å². The summed E-state index contributed by atoms with van der Waals surface area (Å²) < 4.78 is 25.4. The molecule has 0 aliphatic rings. The molecule has 0 unspecified atom stereocenters. The second-order valence-electron chi connectivity index (χ2n) is 5.58. The van der Waals surface area contributed by atoms with Crippen molar-refractivity contribution in [2.24, 2.45) is 0 Å². The number of carbonyl (C=O) groups excluding carboxylic acids is 1. The number of nitrogens with zero attached hydrogens (tertiary/aromatic N) is 1. The predicted molar refractivity (Wildman–Crippen MR) is 100 cm³/mol. The van der Waals surface area contributed by atoms with E-state index in [1.165, 1.54) is 12.1 Å². The Morgan fingerprint density at radius 2 is 1.65 bits per heavy atom. The third-order valence-electron chi connectivity index (χ3n) is 3.67. The Morgan fingerprint density at radius 3 is 2.27 bits per heavy atom. The van der Waals surface area contributed by atoms with Crippen molar-refractivity contribution in [2.75, 3.05) is 5.32 Å². The molecule has 0 saturated carbocycles. The first-order chi connectivity index (χ1) is 12.4. The van der Waals surface area contributed by atoms with Gasteiger partial charge in [-0.05, 0) is 55.5 Å². The molecule has 0 aliphatic heterocycles. The first-order valence-electron chi connectivity index (χ1n) is 7.63. The van der Waals surface area contributed by atoms with Crippen LogP contribution >= 0.6 is 11.3 Å². The number of nitrogens with one attached hydrogen (secondary N) is 1. The van der Waals surface area contributed by atoms with Gasteiger partial charge in [0.25, 0.3) is 5.91 Å². The zero-order valence-electron chi connectivity index (χ0n) is 13.8. The average Bonchev–Trinajstić information content (AvgIpc) is 3.14. The highest BCUT2D eigenvalue weighted by molar-refractivity contribution is 7.93. The van der Waals surface area contributed by atoms with E-state index in [1.54, 1.807) is 48.5 Å². The summed E-state index contributed by atoms with van der Waals surface area (Å²) in [6, 6.07) is 17.9. The van der Waals surface area contributed by atoms with Crippen LogP contribution in [0.15, 0.2) is 69.8 Å². The topological polar surface area (TPSA) is 87.0 Å². The van der Waals surface area contributed by atoms with Gasteiger partial charge in [-0.1, -0.05) is 17.7 Å². The molecule has 0 fully saturated rings. The Morgan fingerprint density at radius 1 is 1.00 bits per heavy atom. The van der Waals surface area contributed by atoms with Gasteiger partial charge >= 0.3 is 0 Å². The number of anilines is 1. The first-order valence-corrected chi connectivity index (χ1v) is 9.93. The molecule has 0 saturated heterocycles. The van der Waals surface area contributed by atoms with Crippen LogP contribution in [0.4, 0.5) is 5.69 Å². The number of benzene rings is 2. The molecule has 0 aliphatic carbocycles. The standard InChI is InChI=1S/C19H14N2O3S2/c1-13-2-8-16(9-3-13)26(23,24)18-11-10-17(25-18)19(22)21-15-6-4-14(12-20)5-7-15/h2-11H,1H3,(H,21,22). The molecule has 0 atom stereocenters. The van der Waals surface area contributed by atoms with Crippen LogP contribution in [0.25, 0.3) is 0 Å². The van der Waals surface area contributed by atoms with Crippen molar-refractivity contribution in [3.8, 4) is 6.07 Å². The lowest BCUT2D eigenvalue weighted by Crippen LogP contribution is -2.09. The maximum absolute atomic E-state index is 12.7. The minimum absolute atomic E-state index is 0.117. The van der Waals surface area contributed by atoms with Crippen molar-refractivity contribution < 1.29 is 13.2 Å². The maximum Gasteiger partial charge on any atom is 0.265 e. The highest BCUT2D eigenvalue weighted by Gasteiger charge is 2.21. The van der Waals surface area contributed by atoms with Crippen molar-refractivity contribution in [1.82, 2.24) is 0 Å². The Hall–Kier alpha value is -2.95. The second-order valence-corrected chi connectivity index (χ2v) is 8.84. The van der Waals surface area contributed by atoms with E-state index in [0.717, 1.165) is 16.9 Å². The fourth-order valence-corrected chi connectivity index (χ4v) is 4.84. The minimum atomic E-state index is -3.65. The largest absolute Gasteiger partial charge is 0.321 e. The quantitative estimate of drug-likeness (QED) is 0.738. The monoisotopic (exact) mass is 382 g/mol. The smallest absolute Gasteiger partial charge is 0.265 e. The molecule has 2 aromatic carbocycles. The summed E-state index contributed by atoms with van der Waals surface area (Å²) in [6.45, 7) is 1.88. The number of carbonyl (C=O) groups is 1. The van der Waals surface area contributed by atoms with Crippen molar-refractivity contribution in [1.29, 1.82) is 5.26 Å². The van der Waals surface area contributed by atoms with E-state index in [-0.39, 0.29) is 9.10 Å². The van der Waals surface area contributed by atoms with Gasteiger partial charge in [-0.2, -0.15) is 5.26 Å². The maximum atomic E-state index is 12.7. The molecule has 1 heterocycles. The van der Waals surface area contributed by atoms with E-state index >= 15 is 0 Å². The van der Waals surface area contributed by atoms with Crippen LogP contribution in [0.2, 0.25) is 0 Å². The summed E-state index contributed by atoms with van der Waals surface area (Å²) in [5, 5.41) is 11.5. The second kappa shape index (κ2) is 7.12. The summed E-state index contributed by atoms with van der Waals surface area (Å²) >= 11 is 0.922. The molecule has 0 bridgehead atoms.